The van der Waals surface area contributed by atoms with Crippen LogP contribution in [0.3, 0.4) is 0 Å². The van der Waals surface area contributed by atoms with Gasteiger partial charge in [-0.3, -0.25) is 4.98 Å². The van der Waals surface area contributed by atoms with E-state index in [0.717, 1.165) is 11.2 Å². The van der Waals surface area contributed by atoms with Crippen LogP contribution in [0.5, 0.6) is 5.88 Å². The fourth-order valence-electron chi connectivity index (χ4n) is 1.73. The van der Waals surface area contributed by atoms with E-state index < -0.39 is 0 Å². The number of nitrogens with one attached hydrogen (secondary N) is 1. The van der Waals surface area contributed by atoms with E-state index in [1.165, 1.54) is 0 Å². The van der Waals surface area contributed by atoms with E-state index in [-0.39, 0.29) is 0 Å². The fraction of sp³-hybridized carbons (Fsp3) is 0.154. The van der Waals surface area contributed by atoms with Gasteiger partial charge < -0.3 is 9.72 Å². The Morgan fingerprint density at radius 1 is 1.17 bits per heavy atom. The topological polar surface area (TPSA) is 63.7 Å². The van der Waals surface area contributed by atoms with Crippen molar-refractivity contribution in [3.05, 3.63) is 36.5 Å². The van der Waals surface area contributed by atoms with Crippen molar-refractivity contribution >= 4 is 11.2 Å². The normalized spacial score (nSPS) is 10.7. The molecule has 1 N–H and O–H groups in total. The Hall–Kier alpha value is -2.43. The molecule has 0 saturated heterocycles. The molecule has 0 aromatic carbocycles. The molecule has 0 unspecified atom stereocenters. The highest BCUT2D eigenvalue weighted by atomic mass is 16.5. The number of nitrogens with zero attached hydrogens (tertiary/aromatic N) is 3. The number of H-pyrrole nitrogens is 1. The van der Waals surface area contributed by atoms with E-state index in [4.69, 9.17) is 4.74 Å². The summed E-state index contributed by atoms with van der Waals surface area (Å²) in [6.07, 6.45) is 1.74. The third kappa shape index (κ3) is 1.90. The zero-order chi connectivity index (χ0) is 12.4. The smallest absolute Gasteiger partial charge is 0.215 e. The lowest BCUT2D eigenvalue weighted by Crippen LogP contribution is -1.93. The van der Waals surface area contributed by atoms with Crippen LogP contribution >= 0.6 is 0 Å². The van der Waals surface area contributed by atoms with Crippen molar-refractivity contribution in [2.45, 2.75) is 6.92 Å². The molecule has 90 valence electrons. The van der Waals surface area contributed by atoms with Gasteiger partial charge in [0.2, 0.25) is 5.88 Å². The summed E-state index contributed by atoms with van der Waals surface area (Å²) in [4.78, 5) is 16.2. The van der Waals surface area contributed by atoms with Crippen molar-refractivity contribution in [2.24, 2.45) is 0 Å². The second kappa shape index (κ2) is 4.44. The predicted octanol–water partition coefficient (Wildman–Crippen LogP) is 2.42. The van der Waals surface area contributed by atoms with E-state index >= 15 is 0 Å². The Morgan fingerprint density at radius 2 is 2.11 bits per heavy atom. The molecular formula is C13H12N4O. The Kier molecular flexibility index (Phi) is 2.64. The molecule has 5 nitrogen and oxygen atoms in total. The number of imidazole rings is 1. The van der Waals surface area contributed by atoms with Crippen LogP contribution in [0.1, 0.15) is 6.92 Å². The number of rotatable bonds is 3. The van der Waals surface area contributed by atoms with E-state index in [9.17, 15) is 0 Å². The standard InChI is InChI=1S/C13H12N4O/c1-2-18-11-7-6-10-13(16-11)17-12(15-10)9-5-3-4-8-14-9/h3-8H,2H2,1H3,(H,15,16,17). The maximum Gasteiger partial charge on any atom is 0.215 e. The minimum atomic E-state index is 0.587. The monoisotopic (exact) mass is 240 g/mol. The molecule has 3 heterocycles. The van der Waals surface area contributed by atoms with E-state index in [1.54, 1.807) is 6.20 Å². The van der Waals surface area contributed by atoms with Crippen molar-refractivity contribution in [1.82, 2.24) is 19.9 Å². The lowest BCUT2D eigenvalue weighted by atomic mass is 10.3. The third-order valence-corrected chi connectivity index (χ3v) is 2.52. The van der Waals surface area contributed by atoms with E-state index in [0.29, 0.717) is 24.0 Å². The minimum absolute atomic E-state index is 0.587. The summed E-state index contributed by atoms with van der Waals surface area (Å²) >= 11 is 0. The second-order valence-electron chi connectivity index (χ2n) is 3.75. The summed E-state index contributed by atoms with van der Waals surface area (Å²) < 4.78 is 5.35. The highest BCUT2D eigenvalue weighted by Gasteiger charge is 2.07. The first-order chi connectivity index (χ1) is 8.86. The molecule has 0 radical (unpaired) electrons. The van der Waals surface area contributed by atoms with Crippen molar-refractivity contribution in [3.8, 4) is 17.4 Å². The van der Waals surface area contributed by atoms with Crippen LogP contribution in [0.2, 0.25) is 0 Å². The van der Waals surface area contributed by atoms with Gasteiger partial charge in [0.25, 0.3) is 0 Å². The van der Waals surface area contributed by atoms with Crippen LogP contribution in [0, 0.1) is 0 Å². The number of aromatic amines is 1. The summed E-state index contributed by atoms with van der Waals surface area (Å²) in [5.41, 5.74) is 2.31. The Balaban J connectivity index is 2.06. The molecule has 3 aromatic heterocycles. The summed E-state index contributed by atoms with van der Waals surface area (Å²) in [7, 11) is 0. The lowest BCUT2D eigenvalue weighted by molar-refractivity contribution is 0.328. The van der Waals surface area contributed by atoms with Crippen LogP contribution in [-0.2, 0) is 0 Å². The van der Waals surface area contributed by atoms with Crippen molar-refractivity contribution in [3.63, 3.8) is 0 Å². The lowest BCUT2D eigenvalue weighted by Gasteiger charge is -1.99. The molecule has 0 fully saturated rings. The van der Waals surface area contributed by atoms with Gasteiger partial charge in [0.1, 0.15) is 5.69 Å². The van der Waals surface area contributed by atoms with Crippen molar-refractivity contribution < 1.29 is 4.74 Å². The molecule has 0 aliphatic carbocycles. The molecule has 0 aliphatic rings. The Labute approximate surface area is 104 Å². The number of ether oxygens (including phenoxy) is 1. The average molecular weight is 240 g/mol. The van der Waals surface area contributed by atoms with Gasteiger partial charge >= 0.3 is 0 Å². The number of fused-ring (bicyclic) bond motifs is 1. The zero-order valence-corrected chi connectivity index (χ0v) is 9.92. The molecule has 0 saturated carbocycles. The number of hydrogen-bond donors (Lipinski definition) is 1. The highest BCUT2D eigenvalue weighted by molar-refractivity contribution is 5.75. The molecular weight excluding hydrogens is 228 g/mol. The largest absolute Gasteiger partial charge is 0.478 e. The number of hydrogen-bond acceptors (Lipinski definition) is 4. The summed E-state index contributed by atoms with van der Waals surface area (Å²) in [6, 6.07) is 9.44. The van der Waals surface area contributed by atoms with Crippen LogP contribution in [0.4, 0.5) is 0 Å². The molecule has 3 aromatic rings. The van der Waals surface area contributed by atoms with Gasteiger partial charge in [-0.25, -0.2) is 4.98 Å². The summed E-state index contributed by atoms with van der Waals surface area (Å²) in [5, 5.41) is 0. The highest BCUT2D eigenvalue weighted by Crippen LogP contribution is 2.19. The molecule has 0 amide bonds. The van der Waals surface area contributed by atoms with Gasteiger partial charge in [0.15, 0.2) is 11.5 Å². The summed E-state index contributed by atoms with van der Waals surface area (Å²) in [6.45, 7) is 2.52. The van der Waals surface area contributed by atoms with Gasteiger partial charge in [-0.1, -0.05) is 6.07 Å². The first kappa shape index (κ1) is 10.7. The van der Waals surface area contributed by atoms with Gasteiger partial charge in [-0.2, -0.15) is 4.98 Å². The zero-order valence-electron chi connectivity index (χ0n) is 9.92. The molecule has 0 atom stereocenters. The SMILES string of the molecule is CCOc1ccc2[nH]c(-c3ccccn3)nc2n1. The fourth-order valence-corrected chi connectivity index (χ4v) is 1.73. The molecule has 0 aliphatic heterocycles. The second-order valence-corrected chi connectivity index (χ2v) is 3.75. The van der Waals surface area contributed by atoms with Crippen molar-refractivity contribution in [1.29, 1.82) is 0 Å². The van der Waals surface area contributed by atoms with Gasteiger partial charge in [-0.05, 0) is 25.1 Å². The van der Waals surface area contributed by atoms with Gasteiger partial charge in [0, 0.05) is 12.3 Å². The molecule has 5 heteroatoms. The quantitative estimate of drug-likeness (QED) is 0.763. The van der Waals surface area contributed by atoms with E-state index in [1.807, 2.05) is 37.3 Å². The van der Waals surface area contributed by atoms with Crippen molar-refractivity contribution in [2.75, 3.05) is 6.61 Å². The van der Waals surface area contributed by atoms with Crippen LogP contribution in [0.15, 0.2) is 36.5 Å². The Bertz CT molecular complexity index is 663. The molecule has 18 heavy (non-hydrogen) atoms. The molecule has 0 spiro atoms. The summed E-state index contributed by atoms with van der Waals surface area (Å²) in [5.74, 6) is 1.30. The number of pyridine rings is 2. The Morgan fingerprint density at radius 3 is 2.89 bits per heavy atom. The number of aromatic nitrogens is 4. The maximum atomic E-state index is 5.35. The van der Waals surface area contributed by atoms with Crippen LogP contribution in [0.25, 0.3) is 22.7 Å². The van der Waals surface area contributed by atoms with E-state index in [2.05, 4.69) is 19.9 Å². The van der Waals surface area contributed by atoms with Gasteiger partial charge in [-0.15, -0.1) is 0 Å². The third-order valence-electron chi connectivity index (χ3n) is 2.52. The van der Waals surface area contributed by atoms with Gasteiger partial charge in [0.05, 0.1) is 12.1 Å². The van der Waals surface area contributed by atoms with Crippen LogP contribution in [-0.4, -0.2) is 26.5 Å². The molecule has 0 bridgehead atoms. The average Bonchev–Trinajstić information content (AvgIpc) is 2.83. The molecule has 3 rings (SSSR count). The maximum absolute atomic E-state index is 5.35. The first-order valence-corrected chi connectivity index (χ1v) is 5.78. The predicted molar refractivity (Wildman–Crippen MR) is 68.3 cm³/mol. The first-order valence-electron chi connectivity index (χ1n) is 5.78. The van der Waals surface area contributed by atoms with Crippen LogP contribution < -0.4 is 4.74 Å². The minimum Gasteiger partial charge on any atom is -0.478 e.